The summed E-state index contributed by atoms with van der Waals surface area (Å²) in [6.07, 6.45) is 14.5. The molecule has 1 N–H and O–H groups in total. The van der Waals surface area contributed by atoms with Crippen molar-refractivity contribution in [1.82, 2.24) is 5.32 Å². The van der Waals surface area contributed by atoms with E-state index in [9.17, 15) is 4.79 Å². The maximum Gasteiger partial charge on any atom is 0.233 e. The van der Waals surface area contributed by atoms with Crippen LogP contribution in [0.25, 0.3) is 0 Å². The van der Waals surface area contributed by atoms with Crippen molar-refractivity contribution in [1.29, 1.82) is 0 Å². The highest BCUT2D eigenvalue weighted by molar-refractivity contribution is 8.47. The van der Waals surface area contributed by atoms with E-state index in [1.54, 1.807) is 23.5 Å². The average Bonchev–Trinajstić information content (AvgIpc) is 2.56. The molecule has 0 aromatic carbocycles. The van der Waals surface area contributed by atoms with Gasteiger partial charge in [-0.25, -0.2) is 0 Å². The van der Waals surface area contributed by atoms with Gasteiger partial charge in [0.1, 0.15) is 3.53 Å². The van der Waals surface area contributed by atoms with Gasteiger partial charge in [0.05, 0.1) is 5.25 Å². The fourth-order valence-electron chi connectivity index (χ4n) is 2.59. The summed E-state index contributed by atoms with van der Waals surface area (Å²) < 4.78 is 0.918. The molecule has 1 amide bonds. The maximum absolute atomic E-state index is 12.1. The molecule has 25 heavy (non-hydrogen) atoms. The number of carbonyl (C=O) groups is 1. The topological polar surface area (TPSA) is 29.1 Å². The Morgan fingerprint density at radius 2 is 1.44 bits per heavy atom. The highest BCUT2D eigenvalue weighted by Gasteiger charge is 2.19. The minimum Gasteiger partial charge on any atom is -0.353 e. The third-order valence-corrected chi connectivity index (χ3v) is 7.09. The highest BCUT2D eigenvalue weighted by atomic mass is 32.2. The Morgan fingerprint density at radius 3 is 1.92 bits per heavy atom. The van der Waals surface area contributed by atoms with Crippen LogP contribution in [-0.4, -0.2) is 26.5 Å². The summed E-state index contributed by atoms with van der Waals surface area (Å²) in [6, 6.07) is 0.190. The van der Waals surface area contributed by atoms with E-state index in [0.717, 1.165) is 15.7 Å². The molecule has 148 valence electrons. The molecule has 0 aliphatic heterocycles. The van der Waals surface area contributed by atoms with Crippen LogP contribution in [0.4, 0.5) is 0 Å². The molecule has 0 aromatic rings. The lowest BCUT2D eigenvalue weighted by Gasteiger charge is -2.16. The number of rotatable bonds is 15. The molecule has 0 radical (unpaired) electrons. The quantitative estimate of drug-likeness (QED) is 0.235. The van der Waals surface area contributed by atoms with E-state index in [1.165, 1.54) is 64.2 Å². The van der Waals surface area contributed by atoms with Gasteiger partial charge >= 0.3 is 0 Å². The molecular formula is C20H39NOS3. The first-order valence-corrected chi connectivity index (χ1v) is 12.4. The smallest absolute Gasteiger partial charge is 0.233 e. The van der Waals surface area contributed by atoms with Gasteiger partial charge in [-0.3, -0.25) is 4.79 Å². The highest BCUT2D eigenvalue weighted by Crippen LogP contribution is 2.25. The van der Waals surface area contributed by atoms with Crippen LogP contribution >= 0.6 is 35.7 Å². The lowest BCUT2D eigenvalue weighted by molar-refractivity contribution is -0.121. The summed E-state index contributed by atoms with van der Waals surface area (Å²) in [5.41, 5.74) is 0. The largest absolute Gasteiger partial charge is 0.353 e. The second-order valence-corrected chi connectivity index (χ2v) is 10.5. The molecule has 5 heteroatoms. The number of nitrogens with one attached hydrogen (secondary N) is 1. The number of hydrogen-bond acceptors (Lipinski definition) is 4. The number of thiocarbonyl (C=S) groups is 1. The van der Waals surface area contributed by atoms with Gasteiger partial charge in [0.25, 0.3) is 0 Å². The zero-order valence-electron chi connectivity index (χ0n) is 16.8. The first-order chi connectivity index (χ1) is 12.0. The predicted molar refractivity (Wildman–Crippen MR) is 122 cm³/mol. The van der Waals surface area contributed by atoms with E-state index in [-0.39, 0.29) is 17.2 Å². The van der Waals surface area contributed by atoms with Crippen LogP contribution in [0.1, 0.15) is 98.3 Å². The maximum atomic E-state index is 12.1. The van der Waals surface area contributed by atoms with E-state index in [4.69, 9.17) is 12.2 Å². The van der Waals surface area contributed by atoms with Gasteiger partial charge in [-0.1, -0.05) is 95.6 Å². The molecule has 0 aromatic heterocycles. The zero-order valence-corrected chi connectivity index (χ0v) is 19.2. The molecule has 2 nitrogen and oxygen atoms in total. The second kappa shape index (κ2) is 17.7. The van der Waals surface area contributed by atoms with Gasteiger partial charge in [-0.15, -0.1) is 11.8 Å². The lowest BCUT2D eigenvalue weighted by atomic mass is 10.1. The normalized spacial score (nSPS) is 12.4. The van der Waals surface area contributed by atoms with Crippen LogP contribution in [0, 0.1) is 0 Å². The monoisotopic (exact) mass is 405 g/mol. The second-order valence-electron chi connectivity index (χ2n) is 6.96. The Bertz CT molecular complexity index is 348. The van der Waals surface area contributed by atoms with E-state index < -0.39 is 0 Å². The molecule has 0 saturated carbocycles. The van der Waals surface area contributed by atoms with E-state index in [2.05, 4.69) is 12.2 Å². The number of carbonyl (C=O) groups excluding carboxylic acids is 1. The van der Waals surface area contributed by atoms with Crippen molar-refractivity contribution < 1.29 is 4.79 Å². The molecular weight excluding hydrogens is 366 g/mol. The van der Waals surface area contributed by atoms with Crippen molar-refractivity contribution >= 4 is 45.2 Å². The average molecular weight is 406 g/mol. The Balaban J connectivity index is 3.58. The molecule has 0 bridgehead atoms. The van der Waals surface area contributed by atoms with Gasteiger partial charge in [-0.2, -0.15) is 0 Å². The molecule has 0 heterocycles. The van der Waals surface area contributed by atoms with Crippen molar-refractivity contribution in [3.8, 4) is 0 Å². The number of hydrogen-bond donors (Lipinski definition) is 1. The molecule has 0 aliphatic carbocycles. The van der Waals surface area contributed by atoms with Gasteiger partial charge < -0.3 is 5.32 Å². The van der Waals surface area contributed by atoms with Crippen LogP contribution < -0.4 is 5.32 Å². The van der Waals surface area contributed by atoms with Crippen LogP contribution in [0.15, 0.2) is 0 Å². The third-order valence-electron chi connectivity index (χ3n) is 4.05. The van der Waals surface area contributed by atoms with E-state index in [0.29, 0.717) is 0 Å². The molecule has 0 saturated heterocycles. The zero-order chi connectivity index (χ0) is 18.9. The predicted octanol–water partition coefficient (Wildman–Crippen LogP) is 6.96. The van der Waals surface area contributed by atoms with Crippen LogP contribution in [0.3, 0.4) is 0 Å². The van der Waals surface area contributed by atoms with Crippen LogP contribution in [0.2, 0.25) is 0 Å². The molecule has 0 rings (SSSR count). The summed E-state index contributed by atoms with van der Waals surface area (Å²) in [4.78, 5) is 12.1. The fourth-order valence-corrected chi connectivity index (χ4v) is 5.15. The minimum absolute atomic E-state index is 0.0462. The number of unbranched alkanes of at least 4 members (excludes halogenated alkanes) is 9. The summed E-state index contributed by atoms with van der Waals surface area (Å²) >= 11 is 8.75. The lowest BCUT2D eigenvalue weighted by Crippen LogP contribution is -2.37. The summed E-state index contributed by atoms with van der Waals surface area (Å²) in [6.45, 7) is 8.30. The van der Waals surface area contributed by atoms with Gasteiger partial charge in [-0.05, 0) is 32.4 Å². The minimum atomic E-state index is -0.0462. The summed E-state index contributed by atoms with van der Waals surface area (Å²) in [7, 11) is 0. The molecule has 0 fully saturated rings. The molecule has 1 atom stereocenters. The first-order valence-electron chi connectivity index (χ1n) is 10.1. The Hall–Kier alpha value is 0.260. The van der Waals surface area contributed by atoms with Crippen LogP contribution in [-0.2, 0) is 4.79 Å². The standard InChI is InChI=1S/C20H39NOS3/c1-5-7-8-9-10-11-12-13-14-15-16-24-20(23)25-18(6-2)19(22)21-17(3)4/h17-18H,5-16H2,1-4H3,(H,21,22). The van der Waals surface area contributed by atoms with Gasteiger partial charge in [0, 0.05) is 6.04 Å². The van der Waals surface area contributed by atoms with Crippen molar-refractivity contribution in [2.45, 2.75) is 110 Å². The summed E-state index contributed by atoms with van der Waals surface area (Å²) in [5, 5.41) is 2.94. The van der Waals surface area contributed by atoms with Gasteiger partial charge in [0.15, 0.2) is 0 Å². The third kappa shape index (κ3) is 16.2. The Labute approximate surface area is 170 Å². The van der Waals surface area contributed by atoms with Gasteiger partial charge in [0.2, 0.25) is 5.91 Å². The first kappa shape index (κ1) is 25.3. The van der Waals surface area contributed by atoms with Crippen molar-refractivity contribution in [2.75, 3.05) is 5.75 Å². The van der Waals surface area contributed by atoms with E-state index in [1.807, 2.05) is 20.8 Å². The SMILES string of the molecule is CCCCCCCCCCCCSC(=S)SC(CC)C(=O)NC(C)C. The molecule has 0 aliphatic rings. The molecule has 1 unspecified atom stereocenters. The van der Waals surface area contributed by atoms with Crippen LogP contribution in [0.5, 0.6) is 0 Å². The fraction of sp³-hybridized carbons (Fsp3) is 0.900. The Kier molecular flexibility index (Phi) is 17.8. The Morgan fingerprint density at radius 1 is 0.920 bits per heavy atom. The summed E-state index contributed by atoms with van der Waals surface area (Å²) in [5.74, 6) is 1.20. The van der Waals surface area contributed by atoms with Crippen molar-refractivity contribution in [2.24, 2.45) is 0 Å². The molecule has 0 spiro atoms. The number of amides is 1. The van der Waals surface area contributed by atoms with E-state index >= 15 is 0 Å². The number of thioether (sulfide) groups is 2. The van der Waals surface area contributed by atoms with Crippen molar-refractivity contribution in [3.63, 3.8) is 0 Å². The van der Waals surface area contributed by atoms with Crippen molar-refractivity contribution in [3.05, 3.63) is 0 Å².